The number of ether oxygens (including phenoxy) is 1. The van der Waals surface area contributed by atoms with Crippen LogP contribution in [0.25, 0.3) is 0 Å². The zero-order chi connectivity index (χ0) is 21.4. The minimum Gasteiger partial charge on any atom is -0.491 e. The molecule has 0 aliphatic rings. The molecule has 0 fully saturated rings. The van der Waals surface area contributed by atoms with E-state index < -0.39 is 0 Å². The first kappa shape index (κ1) is 22.3. The molecule has 156 valence electrons. The third-order valence-electron chi connectivity index (χ3n) is 3.80. The van der Waals surface area contributed by atoms with E-state index in [0.717, 1.165) is 0 Å². The Morgan fingerprint density at radius 2 is 1.76 bits per heavy atom. The van der Waals surface area contributed by atoms with Gasteiger partial charge in [-0.25, -0.2) is 0 Å². The lowest BCUT2D eigenvalue weighted by Crippen LogP contribution is -2.40. The molecule has 0 unspecified atom stereocenters. The molecule has 6 heteroatoms. The van der Waals surface area contributed by atoms with Gasteiger partial charge < -0.3 is 20.7 Å². The van der Waals surface area contributed by atoms with E-state index in [1.165, 1.54) is 0 Å². The van der Waals surface area contributed by atoms with E-state index in [-0.39, 0.29) is 23.9 Å². The molecule has 6 nitrogen and oxygen atoms in total. The number of carbonyl (C=O) groups excluding carboxylic acids is 2. The fraction of sp³-hybridized carbons (Fsp3) is 0.391. The summed E-state index contributed by atoms with van der Waals surface area (Å²) in [6.45, 7) is 10.6. The summed E-state index contributed by atoms with van der Waals surface area (Å²) < 4.78 is 5.76. The van der Waals surface area contributed by atoms with Crippen LogP contribution in [0.3, 0.4) is 0 Å². The largest absolute Gasteiger partial charge is 0.491 e. The fourth-order valence-corrected chi connectivity index (χ4v) is 2.51. The van der Waals surface area contributed by atoms with Crippen molar-refractivity contribution in [3.63, 3.8) is 0 Å². The van der Waals surface area contributed by atoms with Gasteiger partial charge in [0.1, 0.15) is 5.75 Å². The van der Waals surface area contributed by atoms with Crippen molar-refractivity contribution in [1.29, 1.82) is 0 Å². The molecule has 0 atom stereocenters. The second-order valence-corrected chi connectivity index (χ2v) is 8.39. The van der Waals surface area contributed by atoms with E-state index in [9.17, 15) is 9.59 Å². The first-order valence-electron chi connectivity index (χ1n) is 9.82. The van der Waals surface area contributed by atoms with Gasteiger partial charge >= 0.3 is 0 Å². The summed E-state index contributed by atoms with van der Waals surface area (Å²) in [5.74, 6) is 0.690. The SMILES string of the molecule is CC(C)COc1ccccc1NC(=O)CNc1cccc(C(=O)NC(C)(C)C)c1. The summed E-state index contributed by atoms with van der Waals surface area (Å²) in [7, 11) is 0. The van der Waals surface area contributed by atoms with Gasteiger partial charge in [0, 0.05) is 16.8 Å². The van der Waals surface area contributed by atoms with Crippen LogP contribution in [0.2, 0.25) is 0 Å². The molecule has 3 N–H and O–H groups in total. The first-order chi connectivity index (χ1) is 13.6. The Morgan fingerprint density at radius 3 is 2.45 bits per heavy atom. The van der Waals surface area contributed by atoms with Crippen molar-refractivity contribution < 1.29 is 14.3 Å². The van der Waals surface area contributed by atoms with Crippen molar-refractivity contribution in [2.24, 2.45) is 5.92 Å². The summed E-state index contributed by atoms with van der Waals surface area (Å²) in [5.41, 5.74) is 1.56. The molecule has 2 aromatic carbocycles. The Hall–Kier alpha value is -3.02. The van der Waals surface area contributed by atoms with Crippen LogP contribution >= 0.6 is 0 Å². The van der Waals surface area contributed by atoms with Crippen molar-refractivity contribution in [2.45, 2.75) is 40.2 Å². The van der Waals surface area contributed by atoms with Crippen molar-refractivity contribution in [3.05, 3.63) is 54.1 Å². The molecule has 2 aromatic rings. The van der Waals surface area contributed by atoms with Gasteiger partial charge in [-0.15, -0.1) is 0 Å². The Morgan fingerprint density at radius 1 is 1.03 bits per heavy atom. The molecule has 2 amide bonds. The topological polar surface area (TPSA) is 79.5 Å². The smallest absolute Gasteiger partial charge is 0.251 e. The van der Waals surface area contributed by atoms with Crippen LogP contribution in [-0.2, 0) is 4.79 Å². The third kappa shape index (κ3) is 7.86. The van der Waals surface area contributed by atoms with Crippen LogP contribution in [0, 0.1) is 5.92 Å². The van der Waals surface area contributed by atoms with Crippen LogP contribution in [-0.4, -0.2) is 30.5 Å². The standard InChI is InChI=1S/C23H31N3O3/c1-16(2)15-29-20-12-7-6-11-19(20)25-21(27)14-24-18-10-8-9-17(13-18)22(28)26-23(3,4)5/h6-13,16,24H,14-15H2,1-5H3,(H,25,27)(H,26,28). The van der Waals surface area contributed by atoms with Crippen molar-refractivity contribution in [2.75, 3.05) is 23.8 Å². The zero-order valence-corrected chi connectivity index (χ0v) is 17.8. The highest BCUT2D eigenvalue weighted by Gasteiger charge is 2.15. The maximum atomic E-state index is 12.4. The van der Waals surface area contributed by atoms with E-state index in [4.69, 9.17) is 4.74 Å². The van der Waals surface area contributed by atoms with Crippen molar-refractivity contribution >= 4 is 23.2 Å². The molecule has 0 aliphatic heterocycles. The second-order valence-electron chi connectivity index (χ2n) is 8.39. The normalized spacial score (nSPS) is 11.1. The highest BCUT2D eigenvalue weighted by Crippen LogP contribution is 2.24. The molecule has 0 aliphatic carbocycles. The molecule has 0 heterocycles. The predicted octanol–water partition coefficient (Wildman–Crippen LogP) is 4.30. The lowest BCUT2D eigenvalue weighted by Gasteiger charge is -2.20. The highest BCUT2D eigenvalue weighted by molar-refractivity contribution is 5.97. The monoisotopic (exact) mass is 397 g/mol. The fourth-order valence-electron chi connectivity index (χ4n) is 2.51. The lowest BCUT2D eigenvalue weighted by molar-refractivity contribution is -0.114. The van der Waals surface area contributed by atoms with Crippen molar-refractivity contribution in [1.82, 2.24) is 5.32 Å². The lowest BCUT2D eigenvalue weighted by atomic mass is 10.1. The van der Waals surface area contributed by atoms with E-state index in [2.05, 4.69) is 29.8 Å². The highest BCUT2D eigenvalue weighted by atomic mass is 16.5. The van der Waals surface area contributed by atoms with Crippen LogP contribution in [0.4, 0.5) is 11.4 Å². The maximum absolute atomic E-state index is 12.4. The minimum absolute atomic E-state index is 0.0723. The number of para-hydroxylation sites is 2. The van der Waals surface area contributed by atoms with E-state index in [0.29, 0.717) is 35.2 Å². The predicted molar refractivity (Wildman–Crippen MR) is 118 cm³/mol. The van der Waals surface area contributed by atoms with Gasteiger partial charge in [0.25, 0.3) is 5.91 Å². The molecule has 0 saturated heterocycles. The van der Waals surface area contributed by atoms with Crippen LogP contribution < -0.4 is 20.7 Å². The van der Waals surface area contributed by atoms with Crippen LogP contribution in [0.1, 0.15) is 45.0 Å². The Labute approximate surface area is 173 Å². The summed E-state index contributed by atoms with van der Waals surface area (Å²) in [4.78, 5) is 24.7. The maximum Gasteiger partial charge on any atom is 0.251 e. The van der Waals surface area contributed by atoms with E-state index in [1.54, 1.807) is 18.2 Å². The Kier molecular flexibility index (Phi) is 7.65. The minimum atomic E-state index is -0.314. The average Bonchev–Trinajstić information content (AvgIpc) is 2.64. The van der Waals surface area contributed by atoms with Gasteiger partial charge in [-0.05, 0) is 57.0 Å². The van der Waals surface area contributed by atoms with Gasteiger partial charge in [-0.1, -0.05) is 32.0 Å². The van der Waals surface area contributed by atoms with Crippen LogP contribution in [0.5, 0.6) is 5.75 Å². The number of anilines is 2. The van der Waals surface area contributed by atoms with E-state index in [1.807, 2.05) is 51.1 Å². The van der Waals surface area contributed by atoms with Crippen LogP contribution in [0.15, 0.2) is 48.5 Å². The van der Waals surface area contributed by atoms with E-state index >= 15 is 0 Å². The molecule has 29 heavy (non-hydrogen) atoms. The second kappa shape index (κ2) is 9.96. The molecule has 0 aromatic heterocycles. The van der Waals surface area contributed by atoms with Gasteiger partial charge in [0.2, 0.25) is 5.91 Å². The van der Waals surface area contributed by atoms with Gasteiger partial charge in [-0.3, -0.25) is 9.59 Å². The molecule has 2 rings (SSSR count). The molecule has 0 bridgehead atoms. The summed E-state index contributed by atoms with van der Waals surface area (Å²) in [5, 5.41) is 8.85. The number of carbonyl (C=O) groups is 2. The quantitative estimate of drug-likeness (QED) is 0.620. The number of nitrogens with one attached hydrogen (secondary N) is 3. The zero-order valence-electron chi connectivity index (χ0n) is 17.8. The Balaban J connectivity index is 1.95. The number of amides is 2. The molecule has 0 saturated carbocycles. The number of rotatable bonds is 8. The molecular formula is C23H31N3O3. The number of hydrogen-bond acceptors (Lipinski definition) is 4. The molecule has 0 spiro atoms. The average molecular weight is 398 g/mol. The third-order valence-corrected chi connectivity index (χ3v) is 3.80. The summed E-state index contributed by atoms with van der Waals surface area (Å²) >= 11 is 0. The summed E-state index contributed by atoms with van der Waals surface area (Å²) in [6.07, 6.45) is 0. The van der Waals surface area contributed by atoms with Gasteiger partial charge in [0.05, 0.1) is 18.8 Å². The van der Waals surface area contributed by atoms with Crippen molar-refractivity contribution in [3.8, 4) is 5.75 Å². The number of hydrogen-bond donors (Lipinski definition) is 3. The molecular weight excluding hydrogens is 366 g/mol. The molecule has 0 radical (unpaired) electrons. The first-order valence-corrected chi connectivity index (χ1v) is 9.82. The summed E-state index contributed by atoms with van der Waals surface area (Å²) in [6, 6.07) is 14.4. The van der Waals surface area contributed by atoms with Gasteiger partial charge in [0.15, 0.2) is 0 Å². The number of benzene rings is 2. The van der Waals surface area contributed by atoms with Gasteiger partial charge in [-0.2, -0.15) is 0 Å². The Bertz CT molecular complexity index is 841.